The highest BCUT2D eigenvalue weighted by Gasteiger charge is 2.01. The van der Waals surface area contributed by atoms with Crippen molar-refractivity contribution in [2.24, 2.45) is 0 Å². The zero-order chi connectivity index (χ0) is 11.4. The fourth-order valence-corrected chi connectivity index (χ4v) is 1.81. The van der Waals surface area contributed by atoms with Gasteiger partial charge in [-0.05, 0) is 24.6 Å². The van der Waals surface area contributed by atoms with Gasteiger partial charge in [0.1, 0.15) is 0 Å². The van der Waals surface area contributed by atoms with Crippen LogP contribution in [0.1, 0.15) is 12.5 Å². The van der Waals surface area contributed by atoms with Gasteiger partial charge in [0.25, 0.3) is 0 Å². The first-order valence-electron chi connectivity index (χ1n) is 5.29. The molecule has 1 N–H and O–H groups in total. The Bertz CT molecular complexity index is 448. The van der Waals surface area contributed by atoms with Crippen LogP contribution in [0.5, 0.6) is 0 Å². The van der Waals surface area contributed by atoms with Crippen molar-refractivity contribution in [2.45, 2.75) is 13.5 Å². The summed E-state index contributed by atoms with van der Waals surface area (Å²) in [6.07, 6.45) is 3.80. The highest BCUT2D eigenvalue weighted by molar-refractivity contribution is 9.10. The van der Waals surface area contributed by atoms with E-state index in [0.29, 0.717) is 0 Å². The summed E-state index contributed by atoms with van der Waals surface area (Å²) in [5.74, 6) is 0.922. The van der Waals surface area contributed by atoms with Crippen molar-refractivity contribution in [1.29, 1.82) is 0 Å². The maximum atomic E-state index is 4.26. The molecule has 0 atom stereocenters. The molecule has 0 unspecified atom stereocenters. The van der Waals surface area contributed by atoms with E-state index in [9.17, 15) is 0 Å². The molecular weight excluding hydrogens is 266 g/mol. The molecule has 4 heteroatoms. The summed E-state index contributed by atoms with van der Waals surface area (Å²) in [6, 6.07) is 8.33. The van der Waals surface area contributed by atoms with Crippen LogP contribution in [-0.2, 0) is 6.54 Å². The van der Waals surface area contributed by atoms with E-state index in [2.05, 4.69) is 62.0 Å². The summed E-state index contributed by atoms with van der Waals surface area (Å²) in [7, 11) is 0. The number of benzene rings is 1. The van der Waals surface area contributed by atoms with E-state index in [0.717, 1.165) is 23.5 Å². The van der Waals surface area contributed by atoms with Crippen molar-refractivity contribution in [2.75, 3.05) is 11.9 Å². The lowest BCUT2D eigenvalue weighted by Gasteiger charge is -2.08. The molecule has 2 rings (SSSR count). The molecule has 3 nitrogen and oxygen atoms in total. The molecule has 84 valence electrons. The van der Waals surface area contributed by atoms with E-state index in [-0.39, 0.29) is 0 Å². The minimum atomic E-state index is 0.843. The van der Waals surface area contributed by atoms with Gasteiger partial charge in [0.05, 0.1) is 6.54 Å². The predicted octanol–water partition coefficient (Wildman–Crippen LogP) is 3.13. The third-order valence-corrected chi connectivity index (χ3v) is 2.85. The van der Waals surface area contributed by atoms with Gasteiger partial charge in [0.15, 0.2) is 0 Å². The average molecular weight is 280 g/mol. The van der Waals surface area contributed by atoms with Crippen molar-refractivity contribution in [3.8, 4) is 0 Å². The first-order valence-corrected chi connectivity index (χ1v) is 6.08. The van der Waals surface area contributed by atoms with Crippen molar-refractivity contribution >= 4 is 21.9 Å². The number of imidazole rings is 1. The molecule has 0 spiro atoms. The number of hydrogen-bond donors (Lipinski definition) is 1. The predicted molar refractivity (Wildman–Crippen MR) is 69.6 cm³/mol. The number of anilines is 1. The minimum absolute atomic E-state index is 0.843. The molecule has 0 aliphatic rings. The Balaban J connectivity index is 2.13. The van der Waals surface area contributed by atoms with Gasteiger partial charge >= 0.3 is 0 Å². The van der Waals surface area contributed by atoms with Gasteiger partial charge in [-0.3, -0.25) is 0 Å². The molecule has 0 bridgehead atoms. The van der Waals surface area contributed by atoms with Crippen LogP contribution < -0.4 is 5.32 Å². The third-order valence-electron chi connectivity index (χ3n) is 2.32. The summed E-state index contributed by atoms with van der Waals surface area (Å²) in [5, 5.41) is 3.23. The van der Waals surface area contributed by atoms with Crippen LogP contribution in [0.3, 0.4) is 0 Å². The Kier molecular flexibility index (Phi) is 3.62. The Morgan fingerprint density at radius 2 is 2.06 bits per heavy atom. The molecule has 0 radical (unpaired) electrons. The number of nitrogens with zero attached hydrogens (tertiary/aromatic N) is 2. The van der Waals surface area contributed by atoms with E-state index in [1.807, 2.05) is 12.4 Å². The lowest BCUT2D eigenvalue weighted by molar-refractivity contribution is 0.800. The zero-order valence-electron chi connectivity index (χ0n) is 9.15. The van der Waals surface area contributed by atoms with Gasteiger partial charge in [0.2, 0.25) is 5.95 Å². The molecule has 0 saturated carbocycles. The van der Waals surface area contributed by atoms with Crippen LogP contribution in [-0.4, -0.2) is 16.1 Å². The fourth-order valence-electron chi connectivity index (χ4n) is 1.55. The number of hydrogen-bond acceptors (Lipinski definition) is 2. The Morgan fingerprint density at radius 1 is 1.31 bits per heavy atom. The van der Waals surface area contributed by atoms with Crippen molar-refractivity contribution in [3.05, 3.63) is 46.7 Å². The van der Waals surface area contributed by atoms with Crippen molar-refractivity contribution < 1.29 is 0 Å². The lowest BCUT2D eigenvalue weighted by Crippen LogP contribution is -2.07. The van der Waals surface area contributed by atoms with E-state index in [4.69, 9.17) is 0 Å². The van der Waals surface area contributed by atoms with Crippen LogP contribution in [0.25, 0.3) is 0 Å². The van der Waals surface area contributed by atoms with Gasteiger partial charge in [0, 0.05) is 23.4 Å². The molecule has 0 saturated heterocycles. The Hall–Kier alpha value is -1.29. The molecule has 1 aromatic carbocycles. The average Bonchev–Trinajstić information content (AvgIpc) is 2.70. The SMILES string of the molecule is CCNc1nccn1Cc1ccc(Br)cc1. The first kappa shape index (κ1) is 11.2. The summed E-state index contributed by atoms with van der Waals surface area (Å²) in [6.45, 7) is 3.80. The van der Waals surface area contributed by atoms with Crippen LogP contribution in [0.4, 0.5) is 5.95 Å². The smallest absolute Gasteiger partial charge is 0.203 e. The maximum absolute atomic E-state index is 4.26. The Labute approximate surface area is 104 Å². The number of halogens is 1. The molecule has 0 aliphatic heterocycles. The van der Waals surface area contributed by atoms with Gasteiger partial charge in [-0.25, -0.2) is 4.98 Å². The summed E-state index contributed by atoms with van der Waals surface area (Å²) < 4.78 is 3.21. The standard InChI is InChI=1S/C12H14BrN3/c1-2-14-12-15-7-8-16(12)9-10-3-5-11(13)6-4-10/h3-8H,2,9H2,1H3,(H,14,15). The quantitative estimate of drug-likeness (QED) is 0.932. The topological polar surface area (TPSA) is 29.9 Å². The maximum Gasteiger partial charge on any atom is 0.203 e. The second-order valence-corrected chi connectivity index (χ2v) is 4.45. The largest absolute Gasteiger partial charge is 0.356 e. The van der Waals surface area contributed by atoms with Crippen molar-refractivity contribution in [1.82, 2.24) is 9.55 Å². The summed E-state index contributed by atoms with van der Waals surface area (Å²) in [5.41, 5.74) is 1.26. The van der Waals surface area contributed by atoms with Crippen LogP contribution >= 0.6 is 15.9 Å². The van der Waals surface area contributed by atoms with E-state index < -0.39 is 0 Å². The number of aromatic nitrogens is 2. The lowest BCUT2D eigenvalue weighted by atomic mass is 10.2. The molecule has 0 fully saturated rings. The van der Waals surface area contributed by atoms with Crippen LogP contribution in [0, 0.1) is 0 Å². The highest BCUT2D eigenvalue weighted by Crippen LogP contribution is 2.13. The monoisotopic (exact) mass is 279 g/mol. The number of rotatable bonds is 4. The molecule has 1 heterocycles. The van der Waals surface area contributed by atoms with Crippen LogP contribution in [0.15, 0.2) is 41.1 Å². The second-order valence-electron chi connectivity index (χ2n) is 3.54. The molecule has 2 aromatic rings. The first-order chi connectivity index (χ1) is 7.79. The van der Waals surface area contributed by atoms with E-state index in [1.165, 1.54) is 5.56 Å². The second kappa shape index (κ2) is 5.16. The third kappa shape index (κ3) is 2.64. The van der Waals surface area contributed by atoms with Gasteiger partial charge < -0.3 is 9.88 Å². The number of nitrogens with one attached hydrogen (secondary N) is 1. The molecule has 1 aromatic heterocycles. The van der Waals surface area contributed by atoms with E-state index in [1.54, 1.807) is 0 Å². The molecule has 16 heavy (non-hydrogen) atoms. The summed E-state index contributed by atoms with van der Waals surface area (Å²) >= 11 is 3.43. The fraction of sp³-hybridized carbons (Fsp3) is 0.250. The van der Waals surface area contributed by atoms with Crippen LogP contribution in [0.2, 0.25) is 0 Å². The summed E-state index contributed by atoms with van der Waals surface area (Å²) in [4.78, 5) is 4.26. The Morgan fingerprint density at radius 3 is 2.75 bits per heavy atom. The van der Waals surface area contributed by atoms with Gasteiger partial charge in [-0.2, -0.15) is 0 Å². The van der Waals surface area contributed by atoms with Gasteiger partial charge in [-0.15, -0.1) is 0 Å². The van der Waals surface area contributed by atoms with E-state index >= 15 is 0 Å². The molecule has 0 aliphatic carbocycles. The normalized spacial score (nSPS) is 10.4. The minimum Gasteiger partial charge on any atom is -0.356 e. The van der Waals surface area contributed by atoms with Gasteiger partial charge in [-0.1, -0.05) is 28.1 Å². The molecule has 0 amide bonds. The highest BCUT2D eigenvalue weighted by atomic mass is 79.9. The molecular formula is C12H14BrN3. The van der Waals surface area contributed by atoms with Crippen molar-refractivity contribution in [3.63, 3.8) is 0 Å². The zero-order valence-corrected chi connectivity index (χ0v) is 10.7.